The average molecular weight is 544 g/mol. The first-order valence-electron chi connectivity index (χ1n) is 11.0. The van der Waals surface area contributed by atoms with Crippen LogP contribution in [-0.2, 0) is 23.1 Å². The smallest absolute Gasteiger partial charge is 0.383 e. The lowest BCUT2D eigenvalue weighted by molar-refractivity contribution is -0.137. The van der Waals surface area contributed by atoms with Crippen molar-refractivity contribution in [1.29, 1.82) is 0 Å². The van der Waals surface area contributed by atoms with Gasteiger partial charge in [0.15, 0.2) is 5.82 Å². The average Bonchev–Trinajstić information content (AvgIpc) is 3.11. The van der Waals surface area contributed by atoms with E-state index in [9.17, 15) is 36.6 Å². The Labute approximate surface area is 214 Å². The van der Waals surface area contributed by atoms with E-state index in [0.29, 0.717) is 12.1 Å². The Morgan fingerprint density at radius 1 is 1.11 bits per heavy atom. The number of benzene rings is 2. The van der Waals surface area contributed by atoms with E-state index in [-0.39, 0.29) is 46.3 Å². The maximum atomic E-state index is 14.1. The van der Waals surface area contributed by atoms with Gasteiger partial charge in [-0.3, -0.25) is 9.59 Å². The van der Waals surface area contributed by atoms with Crippen molar-refractivity contribution in [3.63, 3.8) is 0 Å². The lowest BCUT2D eigenvalue weighted by Gasteiger charge is -2.22. The third kappa shape index (κ3) is 6.34. The van der Waals surface area contributed by atoms with Crippen molar-refractivity contribution in [2.45, 2.75) is 51.9 Å². The number of anilines is 1. The predicted octanol–water partition coefficient (Wildman–Crippen LogP) is 6.05. The second kappa shape index (κ2) is 10.2. The number of carbonyl (C=O) groups is 2. The van der Waals surface area contributed by atoms with Gasteiger partial charge in [-0.1, -0.05) is 18.5 Å². The van der Waals surface area contributed by atoms with Gasteiger partial charge in [0.05, 0.1) is 17.8 Å². The summed E-state index contributed by atoms with van der Waals surface area (Å²) in [7, 11) is 0. The number of imidazole rings is 1. The lowest BCUT2D eigenvalue weighted by Crippen LogP contribution is -2.25. The Morgan fingerprint density at radius 3 is 2.32 bits per heavy atom. The maximum Gasteiger partial charge on any atom is 0.416 e. The predicted molar refractivity (Wildman–Crippen MR) is 126 cm³/mol. The molecule has 0 aliphatic heterocycles. The third-order valence-electron chi connectivity index (χ3n) is 5.49. The van der Waals surface area contributed by atoms with Gasteiger partial charge >= 0.3 is 6.18 Å². The molecule has 1 amide bonds. The zero-order chi connectivity index (χ0) is 27.9. The van der Waals surface area contributed by atoms with Crippen LogP contribution in [0.4, 0.5) is 27.8 Å². The molecule has 2 N–H and O–H groups in total. The highest BCUT2D eigenvalue weighted by molar-refractivity contribution is 6.31. The highest BCUT2D eigenvalue weighted by Gasteiger charge is 2.34. The van der Waals surface area contributed by atoms with Gasteiger partial charge in [0.1, 0.15) is 28.8 Å². The van der Waals surface area contributed by atoms with Gasteiger partial charge in [-0.25, -0.2) is 13.8 Å². The van der Waals surface area contributed by atoms with Crippen LogP contribution in [0, 0.1) is 11.6 Å². The van der Waals surface area contributed by atoms with E-state index in [0.717, 1.165) is 12.1 Å². The summed E-state index contributed by atoms with van der Waals surface area (Å²) in [6.45, 7) is 5.32. The zero-order valence-corrected chi connectivity index (χ0v) is 20.9. The highest BCUT2D eigenvalue weighted by atomic mass is 35.5. The molecule has 0 spiro atoms. The standard InChI is InChI=1S/C25H23ClF5N3O3/c1-12(35)11-34-20(13(2)18-10-16(27)5-6-19(18)26)21(33-23(34)24(3,4)37)32-22(36)14-7-15(25(29,30)31)9-17(28)8-14/h5-10,13,37H,11H2,1-4H3,(H,32,36)/t13-/m1/s1. The fourth-order valence-corrected chi connectivity index (χ4v) is 4.19. The van der Waals surface area contributed by atoms with Crippen LogP contribution in [0.15, 0.2) is 36.4 Å². The topological polar surface area (TPSA) is 84.2 Å². The molecule has 0 bridgehead atoms. The number of Topliss-reactive ketones (excluding diaryl/α,β-unsaturated/α-hetero) is 1. The van der Waals surface area contributed by atoms with Gasteiger partial charge in [0, 0.05) is 16.5 Å². The van der Waals surface area contributed by atoms with Crippen LogP contribution in [-0.4, -0.2) is 26.3 Å². The van der Waals surface area contributed by atoms with E-state index >= 15 is 0 Å². The second-order valence-electron chi connectivity index (χ2n) is 9.08. The number of carbonyl (C=O) groups excluding carboxylic acids is 2. The summed E-state index contributed by atoms with van der Waals surface area (Å²) in [5, 5.41) is 13.2. The SMILES string of the molecule is CC(=O)Cn1c(C(C)(C)O)nc(NC(=O)c2cc(F)cc(C(F)(F)F)c2)c1[C@H](C)c1cc(F)ccc1Cl. The van der Waals surface area contributed by atoms with E-state index in [4.69, 9.17) is 11.6 Å². The number of rotatable bonds is 7. The van der Waals surface area contributed by atoms with E-state index in [1.165, 1.54) is 31.4 Å². The highest BCUT2D eigenvalue weighted by Crippen LogP contribution is 2.38. The molecule has 3 aromatic rings. The van der Waals surface area contributed by atoms with Crippen molar-refractivity contribution in [2.24, 2.45) is 0 Å². The molecule has 0 saturated carbocycles. The molecule has 0 saturated heterocycles. The molecule has 2 aromatic carbocycles. The van der Waals surface area contributed by atoms with Crippen LogP contribution in [0.25, 0.3) is 0 Å². The molecule has 0 radical (unpaired) electrons. The molecular formula is C25H23ClF5N3O3. The van der Waals surface area contributed by atoms with Crippen molar-refractivity contribution in [3.05, 3.63) is 81.3 Å². The molecule has 1 aromatic heterocycles. The molecule has 3 rings (SSSR count). The van der Waals surface area contributed by atoms with Crippen molar-refractivity contribution in [2.75, 3.05) is 5.32 Å². The van der Waals surface area contributed by atoms with Crippen LogP contribution in [0.3, 0.4) is 0 Å². The fourth-order valence-electron chi connectivity index (χ4n) is 3.90. The molecule has 0 aliphatic rings. The minimum absolute atomic E-state index is 0.0531. The van der Waals surface area contributed by atoms with Crippen LogP contribution in [0.1, 0.15) is 66.6 Å². The molecule has 1 heterocycles. The first-order chi connectivity index (χ1) is 17.0. The van der Waals surface area contributed by atoms with Crippen LogP contribution in [0.2, 0.25) is 5.02 Å². The number of aromatic nitrogens is 2. The van der Waals surface area contributed by atoms with Crippen molar-refractivity contribution < 1.29 is 36.6 Å². The van der Waals surface area contributed by atoms with Crippen LogP contribution in [0.5, 0.6) is 0 Å². The summed E-state index contributed by atoms with van der Waals surface area (Å²) in [6.07, 6.45) is -4.90. The van der Waals surface area contributed by atoms with Gasteiger partial charge in [-0.05, 0) is 62.7 Å². The number of hydrogen-bond acceptors (Lipinski definition) is 4. The normalized spacial score (nSPS) is 12.9. The summed E-state index contributed by atoms with van der Waals surface area (Å²) in [5.41, 5.74) is -3.26. The Hall–Kier alpha value is -3.31. The third-order valence-corrected chi connectivity index (χ3v) is 5.83. The van der Waals surface area contributed by atoms with Gasteiger partial charge in [-0.2, -0.15) is 13.2 Å². The number of halogens is 6. The number of aliphatic hydroxyl groups is 1. The minimum atomic E-state index is -4.90. The van der Waals surface area contributed by atoms with Crippen molar-refractivity contribution in [1.82, 2.24) is 9.55 Å². The molecule has 198 valence electrons. The monoisotopic (exact) mass is 543 g/mol. The van der Waals surface area contributed by atoms with E-state index in [1.54, 1.807) is 6.92 Å². The lowest BCUT2D eigenvalue weighted by atomic mass is 9.96. The number of nitrogens with one attached hydrogen (secondary N) is 1. The Morgan fingerprint density at radius 2 is 1.76 bits per heavy atom. The van der Waals surface area contributed by atoms with Gasteiger partial charge < -0.3 is 15.0 Å². The van der Waals surface area contributed by atoms with Gasteiger partial charge in [0.2, 0.25) is 0 Å². The van der Waals surface area contributed by atoms with E-state index in [2.05, 4.69) is 10.3 Å². The van der Waals surface area contributed by atoms with Gasteiger partial charge in [-0.15, -0.1) is 0 Å². The molecule has 37 heavy (non-hydrogen) atoms. The van der Waals surface area contributed by atoms with Gasteiger partial charge in [0.25, 0.3) is 5.91 Å². The maximum absolute atomic E-state index is 14.1. The first kappa shape index (κ1) is 28.3. The summed E-state index contributed by atoms with van der Waals surface area (Å²) >= 11 is 6.28. The Kier molecular flexibility index (Phi) is 7.80. The van der Waals surface area contributed by atoms with Crippen LogP contribution >= 0.6 is 11.6 Å². The first-order valence-corrected chi connectivity index (χ1v) is 11.3. The summed E-state index contributed by atoms with van der Waals surface area (Å²) < 4.78 is 68.8. The van der Waals surface area contributed by atoms with E-state index < -0.39 is 46.4 Å². The number of alkyl halides is 3. The van der Waals surface area contributed by atoms with Crippen molar-refractivity contribution in [3.8, 4) is 0 Å². The summed E-state index contributed by atoms with van der Waals surface area (Å²) in [6, 6.07) is 4.96. The summed E-state index contributed by atoms with van der Waals surface area (Å²) in [4.78, 5) is 29.3. The number of ketones is 1. The molecule has 12 heteroatoms. The number of amides is 1. The quantitative estimate of drug-likeness (QED) is 0.355. The molecule has 6 nitrogen and oxygen atoms in total. The Balaban J connectivity index is 2.21. The van der Waals surface area contributed by atoms with Crippen LogP contribution < -0.4 is 5.32 Å². The minimum Gasteiger partial charge on any atom is -0.383 e. The number of hydrogen-bond donors (Lipinski definition) is 2. The molecule has 1 atom stereocenters. The fraction of sp³-hybridized carbons (Fsp3) is 0.320. The molecule has 0 aliphatic carbocycles. The van der Waals surface area contributed by atoms with Crippen molar-refractivity contribution >= 4 is 29.1 Å². The molecule has 0 unspecified atom stereocenters. The second-order valence-corrected chi connectivity index (χ2v) is 9.49. The number of nitrogens with zero attached hydrogens (tertiary/aromatic N) is 2. The zero-order valence-electron chi connectivity index (χ0n) is 20.2. The summed E-state index contributed by atoms with van der Waals surface area (Å²) in [5.74, 6) is -4.47. The largest absolute Gasteiger partial charge is 0.416 e. The molecule has 0 fully saturated rings. The molecular weight excluding hydrogens is 521 g/mol. The Bertz CT molecular complexity index is 1360. The van der Waals surface area contributed by atoms with E-state index in [1.807, 2.05) is 0 Å².